The number of hydrogen-bond donors (Lipinski definition) is 0. The molecule has 0 N–H and O–H groups in total. The van der Waals surface area contributed by atoms with Gasteiger partial charge in [-0.3, -0.25) is 4.90 Å². The van der Waals surface area contributed by atoms with Crippen molar-refractivity contribution >= 4 is 5.82 Å². The van der Waals surface area contributed by atoms with Gasteiger partial charge in [0.25, 0.3) is 0 Å². The number of likely N-dealkylation sites (tertiary alicyclic amines) is 1. The summed E-state index contributed by atoms with van der Waals surface area (Å²) in [5.41, 5.74) is 0. The van der Waals surface area contributed by atoms with E-state index in [0.29, 0.717) is 12.0 Å². The third-order valence-corrected chi connectivity index (χ3v) is 4.93. The summed E-state index contributed by atoms with van der Waals surface area (Å²) in [6.45, 7) is 5.06. The van der Waals surface area contributed by atoms with Gasteiger partial charge in [0.05, 0.1) is 6.54 Å². The minimum atomic E-state index is 0.507. The normalized spacial score (nSPS) is 21.7. The quantitative estimate of drug-likeness (QED) is 0.849. The first kappa shape index (κ1) is 14.7. The zero-order valence-electron chi connectivity index (χ0n) is 13.9. The predicted octanol–water partition coefficient (Wildman–Crippen LogP) is 2.97. The number of aromatic nitrogens is 2. The molecule has 4 rings (SSSR count). The Morgan fingerprint density at radius 2 is 2.13 bits per heavy atom. The number of furan rings is 1. The Morgan fingerprint density at radius 3 is 2.87 bits per heavy atom. The highest BCUT2D eigenvalue weighted by Crippen LogP contribution is 2.38. The van der Waals surface area contributed by atoms with E-state index in [1.54, 1.807) is 0 Å². The maximum absolute atomic E-state index is 5.70. The summed E-state index contributed by atoms with van der Waals surface area (Å²) in [4.78, 5) is 14.0. The van der Waals surface area contributed by atoms with E-state index < -0.39 is 0 Å². The van der Waals surface area contributed by atoms with Gasteiger partial charge in [-0.15, -0.1) is 0 Å². The minimum Gasteiger partial charge on any atom is -0.465 e. The maximum Gasteiger partial charge on any atom is 0.133 e. The molecule has 5 heteroatoms. The molecule has 1 unspecified atom stereocenters. The third-order valence-electron chi connectivity index (χ3n) is 4.93. The smallest absolute Gasteiger partial charge is 0.133 e. The van der Waals surface area contributed by atoms with E-state index in [0.717, 1.165) is 42.8 Å². The Kier molecular flexibility index (Phi) is 3.81. The van der Waals surface area contributed by atoms with Crippen LogP contribution in [0.25, 0.3) is 0 Å². The van der Waals surface area contributed by atoms with Crippen molar-refractivity contribution in [2.45, 2.75) is 44.7 Å². The average Bonchev–Trinajstić information content (AvgIpc) is 3.19. The van der Waals surface area contributed by atoms with E-state index in [4.69, 9.17) is 9.40 Å². The lowest BCUT2D eigenvalue weighted by Crippen LogP contribution is -2.35. The number of nitrogens with zero attached hydrogens (tertiary/aromatic N) is 4. The third kappa shape index (κ3) is 3.24. The number of anilines is 1. The first-order chi connectivity index (χ1) is 11.2. The highest BCUT2D eigenvalue weighted by molar-refractivity contribution is 5.39. The molecule has 1 saturated heterocycles. The molecule has 1 atom stereocenters. The van der Waals surface area contributed by atoms with Crippen LogP contribution in [0.3, 0.4) is 0 Å². The van der Waals surface area contributed by atoms with Gasteiger partial charge in [0.2, 0.25) is 0 Å². The van der Waals surface area contributed by atoms with E-state index in [1.807, 2.05) is 25.3 Å². The summed E-state index contributed by atoms with van der Waals surface area (Å²) < 4.78 is 5.70. The molecular formula is C18H24N4O. The molecular weight excluding hydrogens is 288 g/mol. The average molecular weight is 312 g/mol. The first-order valence-corrected chi connectivity index (χ1v) is 8.52. The van der Waals surface area contributed by atoms with Crippen molar-refractivity contribution in [2.75, 3.05) is 25.0 Å². The lowest BCUT2D eigenvalue weighted by Gasteiger charge is -2.26. The molecule has 1 saturated carbocycles. The van der Waals surface area contributed by atoms with Gasteiger partial charge >= 0.3 is 0 Å². The second-order valence-corrected chi connectivity index (χ2v) is 6.85. The lowest BCUT2D eigenvalue weighted by molar-refractivity contribution is 0.291. The predicted molar refractivity (Wildman–Crippen MR) is 89.5 cm³/mol. The van der Waals surface area contributed by atoms with Crippen LogP contribution >= 0.6 is 0 Å². The molecule has 2 aliphatic rings. The van der Waals surface area contributed by atoms with Crippen molar-refractivity contribution in [3.05, 3.63) is 41.7 Å². The standard InChI is InChI=1S/C18H24N4O/c1-13-3-6-16(23-13)12-22-10-8-15(11-22)21(2)17-7-9-19-18(20-17)14-4-5-14/h3,6-7,9,14-15H,4-5,8,10-12H2,1-2H3. The van der Waals surface area contributed by atoms with E-state index in [2.05, 4.69) is 27.9 Å². The largest absolute Gasteiger partial charge is 0.465 e. The molecule has 2 aromatic heterocycles. The molecule has 0 amide bonds. The highest BCUT2D eigenvalue weighted by atomic mass is 16.3. The second kappa shape index (κ2) is 5.96. The molecule has 5 nitrogen and oxygen atoms in total. The second-order valence-electron chi connectivity index (χ2n) is 6.85. The summed E-state index contributed by atoms with van der Waals surface area (Å²) in [5.74, 6) is 4.73. The van der Waals surface area contributed by atoms with Crippen LogP contribution in [-0.4, -0.2) is 41.0 Å². The zero-order chi connectivity index (χ0) is 15.8. The number of likely N-dealkylation sites (N-methyl/N-ethyl adjacent to an activating group) is 1. The molecule has 122 valence electrons. The number of hydrogen-bond acceptors (Lipinski definition) is 5. The Bertz CT molecular complexity index is 679. The summed E-state index contributed by atoms with van der Waals surface area (Å²) in [6.07, 6.45) is 5.56. The Labute approximate surface area is 137 Å². The molecule has 0 spiro atoms. The van der Waals surface area contributed by atoms with Crippen molar-refractivity contribution < 1.29 is 4.42 Å². The molecule has 3 heterocycles. The maximum atomic E-state index is 5.70. The lowest BCUT2D eigenvalue weighted by atomic mass is 10.2. The summed E-state index contributed by atoms with van der Waals surface area (Å²) in [5, 5.41) is 0. The van der Waals surface area contributed by atoms with E-state index in [1.165, 1.54) is 19.3 Å². The number of aryl methyl sites for hydroxylation is 1. The number of rotatable bonds is 5. The van der Waals surface area contributed by atoms with Crippen LogP contribution < -0.4 is 4.90 Å². The van der Waals surface area contributed by atoms with Crippen LogP contribution in [0, 0.1) is 6.92 Å². The van der Waals surface area contributed by atoms with E-state index in [9.17, 15) is 0 Å². The van der Waals surface area contributed by atoms with Crippen molar-refractivity contribution in [1.29, 1.82) is 0 Å². The molecule has 0 radical (unpaired) electrons. The van der Waals surface area contributed by atoms with Gasteiger partial charge in [-0.2, -0.15) is 0 Å². The van der Waals surface area contributed by atoms with Crippen LogP contribution in [0.15, 0.2) is 28.8 Å². The fraction of sp³-hybridized carbons (Fsp3) is 0.556. The van der Waals surface area contributed by atoms with Gasteiger partial charge < -0.3 is 9.32 Å². The minimum absolute atomic E-state index is 0.507. The van der Waals surface area contributed by atoms with E-state index >= 15 is 0 Å². The Balaban J connectivity index is 1.39. The van der Waals surface area contributed by atoms with Crippen LogP contribution in [0.5, 0.6) is 0 Å². The zero-order valence-corrected chi connectivity index (χ0v) is 13.9. The summed E-state index contributed by atoms with van der Waals surface area (Å²) >= 11 is 0. The van der Waals surface area contributed by atoms with Crippen LogP contribution in [0.4, 0.5) is 5.82 Å². The topological polar surface area (TPSA) is 45.4 Å². The van der Waals surface area contributed by atoms with Gasteiger partial charge in [0.15, 0.2) is 0 Å². The molecule has 1 aliphatic carbocycles. The van der Waals surface area contributed by atoms with Gasteiger partial charge in [0, 0.05) is 38.3 Å². The first-order valence-electron chi connectivity index (χ1n) is 8.52. The van der Waals surface area contributed by atoms with Gasteiger partial charge in [-0.25, -0.2) is 9.97 Å². The van der Waals surface area contributed by atoms with E-state index in [-0.39, 0.29) is 0 Å². The van der Waals surface area contributed by atoms with Gasteiger partial charge in [-0.05, 0) is 44.4 Å². The van der Waals surface area contributed by atoms with Gasteiger partial charge in [0.1, 0.15) is 23.2 Å². The van der Waals surface area contributed by atoms with Crippen molar-refractivity contribution in [2.24, 2.45) is 0 Å². The Morgan fingerprint density at radius 1 is 1.26 bits per heavy atom. The molecule has 0 aromatic carbocycles. The van der Waals surface area contributed by atoms with Crippen molar-refractivity contribution in [3.8, 4) is 0 Å². The molecule has 2 aromatic rings. The SMILES string of the molecule is Cc1ccc(CN2CCC(N(C)c3ccnc(C4CC4)n3)C2)o1. The highest BCUT2D eigenvalue weighted by Gasteiger charge is 2.29. The molecule has 0 bridgehead atoms. The van der Waals surface area contributed by atoms with Crippen molar-refractivity contribution in [3.63, 3.8) is 0 Å². The van der Waals surface area contributed by atoms with Crippen LogP contribution in [-0.2, 0) is 6.54 Å². The Hall–Kier alpha value is -1.88. The fourth-order valence-corrected chi connectivity index (χ4v) is 3.35. The molecule has 1 aliphatic heterocycles. The fourth-order valence-electron chi connectivity index (χ4n) is 3.35. The molecule has 2 fully saturated rings. The van der Waals surface area contributed by atoms with Crippen LogP contribution in [0.2, 0.25) is 0 Å². The van der Waals surface area contributed by atoms with Gasteiger partial charge in [-0.1, -0.05) is 0 Å². The summed E-state index contributed by atoms with van der Waals surface area (Å²) in [6, 6.07) is 6.66. The monoisotopic (exact) mass is 312 g/mol. The van der Waals surface area contributed by atoms with Crippen LogP contribution in [0.1, 0.15) is 42.5 Å². The van der Waals surface area contributed by atoms with Crippen molar-refractivity contribution in [1.82, 2.24) is 14.9 Å². The molecule has 23 heavy (non-hydrogen) atoms. The summed E-state index contributed by atoms with van der Waals surface area (Å²) in [7, 11) is 2.16.